The molecule has 0 aliphatic heterocycles. The summed E-state index contributed by atoms with van der Waals surface area (Å²) >= 11 is 0. The summed E-state index contributed by atoms with van der Waals surface area (Å²) in [4.78, 5) is 3.60. The summed E-state index contributed by atoms with van der Waals surface area (Å²) in [5.41, 5.74) is -0.354. The van der Waals surface area contributed by atoms with Gasteiger partial charge in [-0.1, -0.05) is 25.7 Å². The first-order chi connectivity index (χ1) is 11.5. The lowest BCUT2D eigenvalue weighted by Gasteiger charge is -2.16. The minimum Gasteiger partial charge on any atom is -0.361 e. The van der Waals surface area contributed by atoms with Crippen molar-refractivity contribution in [1.29, 1.82) is 0 Å². The first kappa shape index (κ1) is 19.6. The van der Waals surface area contributed by atoms with E-state index in [1.807, 2.05) is 0 Å². The Morgan fingerprint density at radius 2 is 1.88 bits per heavy atom. The number of aryl methyl sites for hydroxylation is 1. The van der Waals surface area contributed by atoms with Crippen LogP contribution in [0.25, 0.3) is 11.4 Å². The van der Waals surface area contributed by atoms with Gasteiger partial charge in [0.05, 0.1) is 5.56 Å². The average molecular weight is 374 g/mol. The molecule has 8 heteroatoms. The molecule has 1 aromatic carbocycles. The fraction of sp³-hybridized carbons (Fsp3) is 0.471. The van der Waals surface area contributed by atoms with Crippen molar-refractivity contribution in [2.75, 3.05) is 6.61 Å². The number of benzene rings is 1. The van der Waals surface area contributed by atoms with Gasteiger partial charge in [0.2, 0.25) is 0 Å². The summed E-state index contributed by atoms with van der Waals surface area (Å²) in [6.45, 7) is 8.61. The fourth-order valence-corrected chi connectivity index (χ4v) is 2.97. The lowest BCUT2D eigenvalue weighted by molar-refractivity contribution is -0.141. The molecule has 3 nitrogen and oxygen atoms in total. The molecule has 0 bridgehead atoms. The van der Waals surface area contributed by atoms with Gasteiger partial charge in [-0.2, -0.15) is 13.2 Å². The van der Waals surface area contributed by atoms with Gasteiger partial charge in [-0.3, -0.25) is 0 Å². The lowest BCUT2D eigenvalue weighted by Crippen LogP contribution is -2.22. The van der Waals surface area contributed by atoms with E-state index in [1.54, 1.807) is 13.0 Å². The van der Waals surface area contributed by atoms with Crippen LogP contribution in [0.1, 0.15) is 11.3 Å². The van der Waals surface area contributed by atoms with Crippen molar-refractivity contribution >= 4 is 8.07 Å². The minimum absolute atomic E-state index is 0.0231. The number of ether oxygens (including phenoxy) is 1. The summed E-state index contributed by atoms with van der Waals surface area (Å²) in [7, 11) is -1.30. The van der Waals surface area contributed by atoms with E-state index < -0.39 is 25.8 Å². The van der Waals surface area contributed by atoms with Crippen molar-refractivity contribution in [3.8, 4) is 11.4 Å². The van der Waals surface area contributed by atoms with E-state index in [4.69, 9.17) is 4.74 Å². The van der Waals surface area contributed by atoms with Gasteiger partial charge in [0.15, 0.2) is 5.69 Å². The Balaban J connectivity index is 2.29. The Kier molecular flexibility index (Phi) is 5.73. The maximum Gasteiger partial charge on any atom is 0.434 e. The van der Waals surface area contributed by atoms with E-state index in [2.05, 4.69) is 24.6 Å². The maximum atomic E-state index is 14.2. The number of nitrogens with zero attached hydrogens (tertiary/aromatic N) is 2. The first-order valence-corrected chi connectivity index (χ1v) is 11.7. The van der Waals surface area contributed by atoms with Gasteiger partial charge in [-0.05, 0) is 30.7 Å². The standard InChI is InChI=1S/C17H22F4N2OSi/c1-12-5-6-13(14(18)9-12)16-22-15(17(19,20)21)10-23(16)11-24-7-8-25(2,3)4/h5-6,9-10H,7-8,11H2,1-4H3. The smallest absolute Gasteiger partial charge is 0.361 e. The number of rotatable bonds is 6. The summed E-state index contributed by atoms with van der Waals surface area (Å²) in [5.74, 6) is -0.694. The van der Waals surface area contributed by atoms with Crippen LogP contribution in [0.15, 0.2) is 24.4 Å². The third-order valence-corrected chi connectivity index (χ3v) is 5.36. The Morgan fingerprint density at radius 3 is 2.44 bits per heavy atom. The second kappa shape index (κ2) is 7.29. The molecule has 138 valence electrons. The molecule has 0 unspecified atom stereocenters. The van der Waals surface area contributed by atoms with Gasteiger partial charge < -0.3 is 9.30 Å². The molecule has 0 atom stereocenters. The molecule has 2 aromatic rings. The highest BCUT2D eigenvalue weighted by Gasteiger charge is 2.35. The molecule has 0 radical (unpaired) electrons. The highest BCUT2D eigenvalue weighted by molar-refractivity contribution is 6.76. The second-order valence-electron chi connectivity index (χ2n) is 7.25. The van der Waals surface area contributed by atoms with Crippen LogP contribution in [-0.2, 0) is 17.6 Å². The molecule has 0 fully saturated rings. The van der Waals surface area contributed by atoms with Crippen LogP contribution in [0.3, 0.4) is 0 Å². The largest absolute Gasteiger partial charge is 0.434 e. The van der Waals surface area contributed by atoms with Gasteiger partial charge in [0.1, 0.15) is 18.4 Å². The van der Waals surface area contributed by atoms with Crippen molar-refractivity contribution in [2.24, 2.45) is 0 Å². The zero-order valence-electron chi connectivity index (χ0n) is 14.7. The second-order valence-corrected chi connectivity index (χ2v) is 12.9. The number of hydrogen-bond acceptors (Lipinski definition) is 2. The van der Waals surface area contributed by atoms with E-state index in [0.717, 1.165) is 12.2 Å². The van der Waals surface area contributed by atoms with E-state index in [0.29, 0.717) is 12.2 Å². The zero-order chi connectivity index (χ0) is 18.8. The molecule has 0 N–H and O–H groups in total. The molecular weight excluding hydrogens is 352 g/mol. The molecule has 1 aromatic heterocycles. The van der Waals surface area contributed by atoms with Gasteiger partial charge in [0.25, 0.3) is 0 Å². The van der Waals surface area contributed by atoms with Gasteiger partial charge in [0, 0.05) is 20.9 Å². The van der Waals surface area contributed by atoms with Crippen LogP contribution in [0.5, 0.6) is 0 Å². The Hall–Kier alpha value is -1.67. The molecular formula is C17H22F4N2OSi. The molecule has 0 saturated carbocycles. The molecule has 0 saturated heterocycles. The number of alkyl halides is 3. The highest BCUT2D eigenvalue weighted by Crippen LogP contribution is 2.32. The zero-order valence-corrected chi connectivity index (χ0v) is 15.7. The minimum atomic E-state index is -4.60. The molecule has 0 spiro atoms. The predicted molar refractivity (Wildman–Crippen MR) is 91.5 cm³/mol. The lowest BCUT2D eigenvalue weighted by atomic mass is 10.1. The number of aromatic nitrogens is 2. The van der Waals surface area contributed by atoms with Crippen molar-refractivity contribution in [1.82, 2.24) is 9.55 Å². The quantitative estimate of drug-likeness (QED) is 0.388. The molecule has 0 amide bonds. The van der Waals surface area contributed by atoms with E-state index in [1.165, 1.54) is 16.7 Å². The van der Waals surface area contributed by atoms with Crippen LogP contribution in [-0.4, -0.2) is 24.2 Å². The summed E-state index contributed by atoms with van der Waals surface area (Å²) in [6, 6.07) is 5.23. The SMILES string of the molecule is Cc1ccc(-c2nc(C(F)(F)F)cn2COCC[Si](C)(C)C)c(F)c1. The van der Waals surface area contributed by atoms with Crippen LogP contribution < -0.4 is 0 Å². The van der Waals surface area contributed by atoms with Crippen LogP contribution >= 0.6 is 0 Å². The topological polar surface area (TPSA) is 27.1 Å². The normalized spacial score (nSPS) is 12.6. The first-order valence-electron chi connectivity index (χ1n) is 7.96. The molecule has 1 heterocycles. The van der Waals surface area contributed by atoms with Crippen LogP contribution in [0.4, 0.5) is 17.6 Å². The van der Waals surface area contributed by atoms with Crippen molar-refractivity contribution < 1.29 is 22.3 Å². The van der Waals surface area contributed by atoms with Crippen molar-refractivity contribution in [3.05, 3.63) is 41.5 Å². The van der Waals surface area contributed by atoms with Gasteiger partial charge in [-0.15, -0.1) is 0 Å². The van der Waals surface area contributed by atoms with E-state index >= 15 is 0 Å². The van der Waals surface area contributed by atoms with E-state index in [-0.39, 0.29) is 18.1 Å². The van der Waals surface area contributed by atoms with Crippen molar-refractivity contribution in [2.45, 2.75) is 45.5 Å². The van der Waals surface area contributed by atoms with E-state index in [9.17, 15) is 17.6 Å². The molecule has 2 rings (SSSR count). The third kappa shape index (κ3) is 5.40. The summed E-state index contributed by atoms with van der Waals surface area (Å²) in [5, 5.41) is 0. The van der Waals surface area contributed by atoms with Crippen molar-refractivity contribution in [3.63, 3.8) is 0 Å². The molecule has 0 aliphatic rings. The Labute approximate surface area is 145 Å². The summed E-state index contributed by atoms with van der Waals surface area (Å²) < 4.78 is 59.9. The predicted octanol–water partition coefficient (Wildman–Crippen LogP) is 5.33. The average Bonchev–Trinajstić information content (AvgIpc) is 2.86. The number of imidazole rings is 1. The Bertz CT molecular complexity index is 735. The number of halogens is 4. The van der Waals surface area contributed by atoms with Crippen LogP contribution in [0.2, 0.25) is 25.7 Å². The summed E-state index contributed by atoms with van der Waals surface area (Å²) in [6.07, 6.45) is -3.73. The van der Waals surface area contributed by atoms with Crippen LogP contribution in [0, 0.1) is 12.7 Å². The fourth-order valence-electron chi connectivity index (χ4n) is 2.21. The maximum absolute atomic E-state index is 14.2. The van der Waals surface area contributed by atoms with Gasteiger partial charge >= 0.3 is 6.18 Å². The number of hydrogen-bond donors (Lipinski definition) is 0. The highest BCUT2D eigenvalue weighted by atomic mass is 28.3. The Morgan fingerprint density at radius 1 is 1.20 bits per heavy atom. The van der Waals surface area contributed by atoms with Gasteiger partial charge in [-0.25, -0.2) is 9.37 Å². The third-order valence-electron chi connectivity index (χ3n) is 3.66. The monoisotopic (exact) mass is 374 g/mol. The molecule has 0 aliphatic carbocycles. The molecule has 25 heavy (non-hydrogen) atoms.